The van der Waals surface area contributed by atoms with E-state index in [-0.39, 0.29) is 11.8 Å². The fraction of sp³-hybridized carbons (Fsp3) is 0.105. The van der Waals surface area contributed by atoms with Crippen molar-refractivity contribution in [2.75, 3.05) is 10.6 Å². The molecule has 0 aliphatic rings. The number of nitrogens with one attached hydrogen (secondary N) is 2. The van der Waals surface area contributed by atoms with E-state index in [1.807, 2.05) is 24.3 Å². The fourth-order valence-corrected chi connectivity index (χ4v) is 2.95. The Morgan fingerprint density at radius 3 is 2.65 bits per heavy atom. The van der Waals surface area contributed by atoms with Gasteiger partial charge in [0.2, 0.25) is 5.91 Å². The molecule has 0 unspecified atom stereocenters. The number of benzene rings is 2. The van der Waals surface area contributed by atoms with E-state index in [0.29, 0.717) is 23.6 Å². The summed E-state index contributed by atoms with van der Waals surface area (Å²) in [5, 5.41) is 9.80. The number of nitrogens with zero attached hydrogens (tertiary/aromatic N) is 2. The predicted molar refractivity (Wildman–Crippen MR) is 104 cm³/mol. The second-order valence-electron chi connectivity index (χ2n) is 5.72. The van der Waals surface area contributed by atoms with Crippen LogP contribution in [0.3, 0.4) is 0 Å². The lowest BCUT2D eigenvalue weighted by atomic mass is 10.2. The van der Waals surface area contributed by atoms with Crippen LogP contribution in [0, 0.1) is 0 Å². The van der Waals surface area contributed by atoms with Crippen molar-refractivity contribution in [3.63, 3.8) is 0 Å². The van der Waals surface area contributed by atoms with Crippen LogP contribution in [0.2, 0.25) is 0 Å². The van der Waals surface area contributed by atoms with Crippen molar-refractivity contribution < 1.29 is 9.59 Å². The molecule has 0 saturated heterocycles. The van der Waals surface area contributed by atoms with E-state index in [0.717, 1.165) is 10.0 Å². The molecule has 0 aliphatic heterocycles. The second-order valence-corrected chi connectivity index (χ2v) is 6.64. The molecule has 0 radical (unpaired) electrons. The van der Waals surface area contributed by atoms with Crippen molar-refractivity contribution in [1.29, 1.82) is 0 Å². The number of halogens is 1. The minimum absolute atomic E-state index is 0.186. The van der Waals surface area contributed by atoms with Crippen molar-refractivity contribution in [1.82, 2.24) is 9.78 Å². The highest BCUT2D eigenvalue weighted by Gasteiger charge is 2.11. The van der Waals surface area contributed by atoms with Crippen molar-refractivity contribution >= 4 is 39.2 Å². The maximum absolute atomic E-state index is 12.5. The summed E-state index contributed by atoms with van der Waals surface area (Å²) in [5.74, 6) is 0.141. The quantitative estimate of drug-likeness (QED) is 0.666. The molecular formula is C19H17BrN4O2. The number of amides is 2. The van der Waals surface area contributed by atoms with Crippen LogP contribution < -0.4 is 10.6 Å². The monoisotopic (exact) mass is 412 g/mol. The summed E-state index contributed by atoms with van der Waals surface area (Å²) in [6, 6.07) is 16.4. The minimum Gasteiger partial charge on any atom is -0.326 e. The van der Waals surface area contributed by atoms with E-state index in [9.17, 15) is 9.59 Å². The molecule has 1 aromatic heterocycles. The fourth-order valence-electron chi connectivity index (χ4n) is 2.50. The summed E-state index contributed by atoms with van der Waals surface area (Å²) < 4.78 is 2.71. The highest BCUT2D eigenvalue weighted by Crippen LogP contribution is 2.17. The number of carbonyl (C=O) groups excluding carboxylic acids is 2. The highest BCUT2D eigenvalue weighted by molar-refractivity contribution is 9.10. The van der Waals surface area contributed by atoms with Gasteiger partial charge in [-0.1, -0.05) is 34.1 Å². The Bertz CT molecular complexity index is 952. The molecule has 0 atom stereocenters. The van der Waals surface area contributed by atoms with Gasteiger partial charge in [0.1, 0.15) is 5.82 Å². The van der Waals surface area contributed by atoms with E-state index < -0.39 is 0 Å². The van der Waals surface area contributed by atoms with E-state index in [1.54, 1.807) is 41.2 Å². The van der Waals surface area contributed by atoms with Gasteiger partial charge in [-0.05, 0) is 35.9 Å². The summed E-state index contributed by atoms with van der Waals surface area (Å²) in [7, 11) is 0. The third-order valence-corrected chi connectivity index (χ3v) is 4.12. The maximum Gasteiger partial charge on any atom is 0.256 e. The molecule has 2 N–H and O–H groups in total. The smallest absolute Gasteiger partial charge is 0.256 e. The first-order chi connectivity index (χ1) is 12.5. The number of carbonyl (C=O) groups is 2. The van der Waals surface area contributed by atoms with Crippen molar-refractivity contribution in [2.24, 2.45) is 0 Å². The number of hydrogen-bond acceptors (Lipinski definition) is 3. The molecule has 0 saturated carbocycles. The second kappa shape index (κ2) is 7.97. The molecule has 0 spiro atoms. The predicted octanol–water partition coefficient (Wildman–Crippen LogP) is 3.90. The van der Waals surface area contributed by atoms with Gasteiger partial charge >= 0.3 is 0 Å². The molecule has 2 aromatic carbocycles. The number of anilines is 2. The zero-order valence-electron chi connectivity index (χ0n) is 14.1. The molecule has 3 aromatic rings. The Labute approximate surface area is 159 Å². The van der Waals surface area contributed by atoms with Crippen LogP contribution in [-0.4, -0.2) is 21.6 Å². The summed E-state index contributed by atoms with van der Waals surface area (Å²) in [4.78, 5) is 23.7. The molecule has 26 heavy (non-hydrogen) atoms. The third-order valence-electron chi connectivity index (χ3n) is 3.62. The first-order valence-electron chi connectivity index (χ1n) is 7.96. The maximum atomic E-state index is 12.5. The van der Waals surface area contributed by atoms with Crippen LogP contribution in [-0.2, 0) is 11.3 Å². The summed E-state index contributed by atoms with van der Waals surface area (Å²) >= 11 is 3.45. The van der Waals surface area contributed by atoms with Gasteiger partial charge in [0, 0.05) is 28.7 Å². The standard InChI is InChI=1S/C19H17BrN4O2/c1-13(25)22-17-7-3-5-15(11-17)19(26)23-18-8-9-21-24(18)12-14-4-2-6-16(20)10-14/h2-11H,12H2,1H3,(H,22,25)(H,23,26). The summed E-state index contributed by atoms with van der Waals surface area (Å²) in [6.07, 6.45) is 1.64. The van der Waals surface area contributed by atoms with Crippen LogP contribution in [0.1, 0.15) is 22.8 Å². The lowest BCUT2D eigenvalue weighted by molar-refractivity contribution is -0.114. The number of aromatic nitrogens is 2. The van der Waals surface area contributed by atoms with Gasteiger partial charge in [-0.2, -0.15) is 5.10 Å². The summed E-state index contributed by atoms with van der Waals surface area (Å²) in [6.45, 7) is 1.96. The summed E-state index contributed by atoms with van der Waals surface area (Å²) in [5.41, 5.74) is 2.09. The Kier molecular flexibility index (Phi) is 5.48. The van der Waals surface area contributed by atoms with Gasteiger partial charge in [0.15, 0.2) is 0 Å². The van der Waals surface area contributed by atoms with Crippen molar-refractivity contribution in [2.45, 2.75) is 13.5 Å². The molecular weight excluding hydrogens is 396 g/mol. The molecule has 2 amide bonds. The SMILES string of the molecule is CC(=O)Nc1cccc(C(=O)Nc2ccnn2Cc2cccc(Br)c2)c1. The van der Waals surface area contributed by atoms with E-state index in [2.05, 4.69) is 31.7 Å². The average Bonchev–Trinajstić information content (AvgIpc) is 3.01. The minimum atomic E-state index is -0.270. The Morgan fingerprint density at radius 2 is 1.88 bits per heavy atom. The van der Waals surface area contributed by atoms with E-state index in [4.69, 9.17) is 0 Å². The Hall–Kier alpha value is -2.93. The third kappa shape index (κ3) is 4.58. The van der Waals surface area contributed by atoms with Crippen molar-refractivity contribution in [3.05, 3.63) is 76.4 Å². The molecule has 6 nitrogen and oxygen atoms in total. The lowest BCUT2D eigenvalue weighted by Crippen LogP contribution is -2.16. The largest absolute Gasteiger partial charge is 0.326 e. The molecule has 0 aliphatic carbocycles. The lowest BCUT2D eigenvalue weighted by Gasteiger charge is -2.10. The van der Waals surface area contributed by atoms with Gasteiger partial charge < -0.3 is 10.6 Å². The van der Waals surface area contributed by atoms with Gasteiger partial charge in [-0.3, -0.25) is 9.59 Å². The van der Waals surface area contributed by atoms with Gasteiger partial charge in [0.05, 0.1) is 12.7 Å². The van der Waals surface area contributed by atoms with Crippen LogP contribution in [0.25, 0.3) is 0 Å². The van der Waals surface area contributed by atoms with E-state index in [1.165, 1.54) is 6.92 Å². The number of hydrogen-bond donors (Lipinski definition) is 2. The van der Waals surface area contributed by atoms with Crippen LogP contribution in [0.15, 0.2) is 65.3 Å². The van der Waals surface area contributed by atoms with Crippen LogP contribution in [0.5, 0.6) is 0 Å². The Balaban J connectivity index is 1.74. The van der Waals surface area contributed by atoms with Gasteiger partial charge in [0.25, 0.3) is 5.91 Å². The van der Waals surface area contributed by atoms with Gasteiger partial charge in [-0.15, -0.1) is 0 Å². The molecule has 132 valence electrons. The van der Waals surface area contributed by atoms with Crippen LogP contribution >= 0.6 is 15.9 Å². The average molecular weight is 413 g/mol. The van der Waals surface area contributed by atoms with Crippen LogP contribution in [0.4, 0.5) is 11.5 Å². The zero-order valence-corrected chi connectivity index (χ0v) is 15.7. The van der Waals surface area contributed by atoms with E-state index >= 15 is 0 Å². The molecule has 0 bridgehead atoms. The van der Waals surface area contributed by atoms with Crippen molar-refractivity contribution in [3.8, 4) is 0 Å². The highest BCUT2D eigenvalue weighted by atomic mass is 79.9. The topological polar surface area (TPSA) is 76.0 Å². The number of rotatable bonds is 5. The molecule has 3 rings (SSSR count). The first-order valence-corrected chi connectivity index (χ1v) is 8.76. The zero-order chi connectivity index (χ0) is 18.5. The Morgan fingerprint density at radius 1 is 1.08 bits per heavy atom. The van der Waals surface area contributed by atoms with Gasteiger partial charge in [-0.25, -0.2) is 4.68 Å². The normalized spacial score (nSPS) is 10.4. The molecule has 1 heterocycles. The molecule has 7 heteroatoms. The first kappa shape index (κ1) is 17.9. The molecule has 0 fully saturated rings.